The Kier molecular flexibility index (Phi) is 3.54. The van der Waals surface area contributed by atoms with E-state index in [0.29, 0.717) is 5.56 Å². The van der Waals surface area contributed by atoms with Crippen LogP contribution in [0.15, 0.2) is 28.7 Å². The Morgan fingerprint density at radius 3 is 2.27 bits per heavy atom. The summed E-state index contributed by atoms with van der Waals surface area (Å²) in [6, 6.07) is 5.38. The topological polar surface area (TPSA) is 49.7 Å². The highest BCUT2D eigenvalue weighted by Crippen LogP contribution is 2.02. The zero-order valence-electron chi connectivity index (χ0n) is 8.38. The molecule has 0 unspecified atom stereocenters. The zero-order chi connectivity index (χ0) is 11.5. The van der Waals surface area contributed by atoms with Crippen LogP contribution in [-0.2, 0) is 10.2 Å². The molecule has 1 aromatic carbocycles. The van der Waals surface area contributed by atoms with E-state index in [4.69, 9.17) is 0 Å². The van der Waals surface area contributed by atoms with Crippen LogP contribution >= 0.6 is 0 Å². The van der Waals surface area contributed by atoms with E-state index in [2.05, 4.69) is 4.40 Å². The second-order valence-electron chi connectivity index (χ2n) is 3.05. The second-order valence-corrected chi connectivity index (χ2v) is 4.88. The molecule has 15 heavy (non-hydrogen) atoms. The van der Waals surface area contributed by atoms with Crippen LogP contribution in [0, 0.1) is 5.82 Å². The van der Waals surface area contributed by atoms with Crippen molar-refractivity contribution < 1.29 is 12.8 Å². The lowest BCUT2D eigenvalue weighted by molar-refractivity contribution is 0.523. The SMILES string of the molecule is CN(C)S(=O)(=O)/N=C/c1ccc(F)cc1. The molecular weight excluding hydrogens is 219 g/mol. The van der Waals surface area contributed by atoms with Gasteiger partial charge in [-0.05, 0) is 17.7 Å². The molecule has 0 bridgehead atoms. The van der Waals surface area contributed by atoms with Crippen LogP contribution < -0.4 is 0 Å². The highest BCUT2D eigenvalue weighted by molar-refractivity contribution is 7.87. The molecule has 82 valence electrons. The fourth-order valence-corrected chi connectivity index (χ4v) is 1.21. The fourth-order valence-electron chi connectivity index (χ4n) is 0.771. The van der Waals surface area contributed by atoms with Gasteiger partial charge in [-0.3, -0.25) is 0 Å². The third-order valence-corrected chi connectivity index (χ3v) is 2.96. The van der Waals surface area contributed by atoms with Gasteiger partial charge in [-0.2, -0.15) is 17.1 Å². The molecule has 0 amide bonds. The van der Waals surface area contributed by atoms with Crippen LogP contribution in [0.4, 0.5) is 4.39 Å². The predicted octanol–water partition coefficient (Wildman–Crippen LogP) is 1.05. The van der Waals surface area contributed by atoms with E-state index in [1.54, 1.807) is 0 Å². The van der Waals surface area contributed by atoms with E-state index >= 15 is 0 Å². The van der Waals surface area contributed by atoms with E-state index in [0.717, 1.165) is 4.31 Å². The highest BCUT2D eigenvalue weighted by Gasteiger charge is 2.08. The van der Waals surface area contributed by atoms with Crippen molar-refractivity contribution in [3.05, 3.63) is 35.6 Å². The fraction of sp³-hybridized carbons (Fsp3) is 0.222. The molecule has 0 fully saturated rings. The van der Waals surface area contributed by atoms with Gasteiger partial charge in [-0.1, -0.05) is 12.1 Å². The van der Waals surface area contributed by atoms with Gasteiger partial charge in [0.1, 0.15) is 5.82 Å². The second kappa shape index (κ2) is 4.50. The maximum Gasteiger partial charge on any atom is 0.321 e. The first-order chi connectivity index (χ1) is 6.92. The minimum absolute atomic E-state index is 0.373. The van der Waals surface area contributed by atoms with Gasteiger partial charge in [0.25, 0.3) is 0 Å². The van der Waals surface area contributed by atoms with Crippen LogP contribution in [0.5, 0.6) is 0 Å². The summed E-state index contributed by atoms with van der Waals surface area (Å²) in [5.74, 6) is -0.373. The molecule has 0 aliphatic heterocycles. The molecule has 0 aromatic heterocycles. The van der Waals surface area contributed by atoms with Crippen LogP contribution in [0.25, 0.3) is 0 Å². The Hall–Kier alpha value is -1.27. The normalized spacial score (nSPS) is 12.5. The van der Waals surface area contributed by atoms with Crippen molar-refractivity contribution in [3.63, 3.8) is 0 Å². The van der Waals surface area contributed by atoms with E-state index in [9.17, 15) is 12.8 Å². The van der Waals surface area contributed by atoms with Crippen molar-refractivity contribution in [2.24, 2.45) is 4.40 Å². The Bertz CT molecular complexity index is 452. The number of hydrogen-bond donors (Lipinski definition) is 0. The Morgan fingerprint density at radius 2 is 1.80 bits per heavy atom. The molecule has 1 rings (SSSR count). The molecule has 0 saturated carbocycles. The van der Waals surface area contributed by atoms with Crippen molar-refractivity contribution in [1.82, 2.24) is 4.31 Å². The summed E-state index contributed by atoms with van der Waals surface area (Å²) in [7, 11) is -0.825. The van der Waals surface area contributed by atoms with Gasteiger partial charge >= 0.3 is 10.2 Å². The van der Waals surface area contributed by atoms with Crippen molar-refractivity contribution in [2.75, 3.05) is 14.1 Å². The van der Waals surface area contributed by atoms with Gasteiger partial charge < -0.3 is 0 Å². The Balaban J connectivity index is 2.87. The van der Waals surface area contributed by atoms with Gasteiger partial charge in [-0.15, -0.1) is 0 Å². The summed E-state index contributed by atoms with van der Waals surface area (Å²) in [5.41, 5.74) is 0.529. The van der Waals surface area contributed by atoms with Gasteiger partial charge in [-0.25, -0.2) is 4.39 Å². The first-order valence-electron chi connectivity index (χ1n) is 4.15. The van der Waals surface area contributed by atoms with Crippen LogP contribution in [0.3, 0.4) is 0 Å². The molecule has 4 nitrogen and oxygen atoms in total. The Labute approximate surface area is 88.2 Å². The third kappa shape index (κ3) is 3.41. The number of benzene rings is 1. The van der Waals surface area contributed by atoms with Crippen molar-refractivity contribution >= 4 is 16.4 Å². The van der Waals surface area contributed by atoms with E-state index in [-0.39, 0.29) is 5.82 Å². The lowest BCUT2D eigenvalue weighted by Gasteiger charge is -2.04. The molecule has 0 saturated heterocycles. The molecule has 6 heteroatoms. The van der Waals surface area contributed by atoms with Gasteiger partial charge in [0.2, 0.25) is 0 Å². The van der Waals surface area contributed by atoms with Crippen molar-refractivity contribution in [1.29, 1.82) is 0 Å². The number of rotatable bonds is 3. The zero-order valence-corrected chi connectivity index (χ0v) is 9.20. The summed E-state index contributed by atoms with van der Waals surface area (Å²) in [6.07, 6.45) is 1.18. The van der Waals surface area contributed by atoms with E-state index < -0.39 is 10.2 Å². The quantitative estimate of drug-likeness (QED) is 0.729. The minimum atomic E-state index is -3.60. The van der Waals surface area contributed by atoms with Gasteiger partial charge in [0, 0.05) is 20.3 Å². The smallest absolute Gasteiger partial charge is 0.207 e. The predicted molar refractivity (Wildman–Crippen MR) is 56.6 cm³/mol. The molecule has 0 N–H and O–H groups in total. The third-order valence-electron chi connectivity index (χ3n) is 1.67. The average Bonchev–Trinajstić information content (AvgIpc) is 2.17. The molecule has 0 aliphatic carbocycles. The van der Waals surface area contributed by atoms with Crippen LogP contribution in [-0.4, -0.2) is 33.0 Å². The summed E-state index contributed by atoms with van der Waals surface area (Å²) in [6.45, 7) is 0. The summed E-state index contributed by atoms with van der Waals surface area (Å²) in [5, 5.41) is 0. The molecular formula is C9H11FN2O2S. The maximum atomic E-state index is 12.5. The molecule has 1 aromatic rings. The lowest BCUT2D eigenvalue weighted by Crippen LogP contribution is -2.19. The molecule has 0 heterocycles. The number of hydrogen-bond acceptors (Lipinski definition) is 2. The van der Waals surface area contributed by atoms with Gasteiger partial charge in [0.05, 0.1) is 0 Å². The standard InChI is InChI=1S/C9H11FN2O2S/c1-12(2)15(13,14)11-7-8-3-5-9(10)6-4-8/h3-7H,1-2H3/b11-7+. The molecule has 0 aliphatic rings. The first-order valence-corrected chi connectivity index (χ1v) is 5.55. The van der Waals surface area contributed by atoms with Crippen LogP contribution in [0.1, 0.15) is 5.56 Å². The summed E-state index contributed by atoms with van der Waals surface area (Å²) < 4.78 is 39.4. The summed E-state index contributed by atoms with van der Waals surface area (Å²) in [4.78, 5) is 0. The first kappa shape index (κ1) is 11.8. The average molecular weight is 230 g/mol. The maximum absolute atomic E-state index is 12.5. The van der Waals surface area contributed by atoms with Gasteiger partial charge in [0.15, 0.2) is 0 Å². The lowest BCUT2D eigenvalue weighted by atomic mass is 10.2. The highest BCUT2D eigenvalue weighted by atomic mass is 32.2. The minimum Gasteiger partial charge on any atom is -0.207 e. The monoisotopic (exact) mass is 230 g/mol. The largest absolute Gasteiger partial charge is 0.321 e. The molecule has 0 spiro atoms. The molecule has 0 radical (unpaired) electrons. The number of halogens is 1. The number of nitrogens with zero attached hydrogens (tertiary/aromatic N) is 2. The summed E-state index contributed by atoms with van der Waals surface area (Å²) >= 11 is 0. The Morgan fingerprint density at radius 1 is 1.27 bits per heavy atom. The van der Waals surface area contributed by atoms with E-state index in [1.165, 1.54) is 44.6 Å². The van der Waals surface area contributed by atoms with Crippen molar-refractivity contribution in [2.45, 2.75) is 0 Å². The van der Waals surface area contributed by atoms with Crippen LogP contribution in [0.2, 0.25) is 0 Å². The molecule has 0 atom stereocenters. The van der Waals surface area contributed by atoms with Crippen molar-refractivity contribution in [3.8, 4) is 0 Å². The van der Waals surface area contributed by atoms with E-state index in [1.807, 2.05) is 0 Å².